The van der Waals surface area contributed by atoms with Crippen LogP contribution >= 0.6 is 0 Å². The van der Waals surface area contributed by atoms with E-state index in [1.807, 2.05) is 0 Å². The summed E-state index contributed by atoms with van der Waals surface area (Å²) in [6, 6.07) is 0. The quantitative estimate of drug-likeness (QED) is 0.701. The molecule has 1 saturated heterocycles. The second-order valence-corrected chi connectivity index (χ2v) is 4.40. The van der Waals surface area contributed by atoms with Crippen LogP contribution in [0.4, 0.5) is 0 Å². The van der Waals surface area contributed by atoms with Gasteiger partial charge in [0.2, 0.25) is 6.29 Å². The first kappa shape index (κ1) is 14.9. The third kappa shape index (κ3) is 3.22. The van der Waals surface area contributed by atoms with E-state index in [-0.39, 0.29) is 11.7 Å². The van der Waals surface area contributed by atoms with Crippen LogP contribution in [0.5, 0.6) is 0 Å². The Hall–Kier alpha value is -1.11. The van der Waals surface area contributed by atoms with E-state index in [0.29, 0.717) is 6.61 Å². The predicted molar refractivity (Wildman–Crippen MR) is 62.4 cm³/mol. The molecule has 6 heteroatoms. The zero-order chi connectivity index (χ0) is 13.9. The SMILES string of the molecule is C=C1OC(OCC)C(O)C(O)[C@@H]1OC(=O)C(C)C. The lowest BCUT2D eigenvalue weighted by atomic mass is 10.0. The van der Waals surface area contributed by atoms with Gasteiger partial charge in [-0.1, -0.05) is 20.4 Å². The molecular formula is C12H20O6. The molecule has 2 N–H and O–H groups in total. The standard InChI is InChI=1S/C12H20O6/c1-5-16-12-9(14)8(13)10(7(4)17-12)18-11(15)6(2)3/h6,8-10,12-14H,4-5H2,1-3H3/t8?,9?,10-,12?/m1/s1. The molecule has 0 aromatic heterocycles. The summed E-state index contributed by atoms with van der Waals surface area (Å²) in [6.45, 7) is 8.96. The number of ether oxygens (including phenoxy) is 3. The number of carbonyl (C=O) groups is 1. The van der Waals surface area contributed by atoms with E-state index in [0.717, 1.165) is 0 Å². The van der Waals surface area contributed by atoms with Crippen molar-refractivity contribution in [2.24, 2.45) is 5.92 Å². The van der Waals surface area contributed by atoms with Gasteiger partial charge >= 0.3 is 5.97 Å². The average Bonchev–Trinajstić information content (AvgIpc) is 2.31. The van der Waals surface area contributed by atoms with E-state index < -0.39 is 30.6 Å². The molecule has 0 bridgehead atoms. The molecular weight excluding hydrogens is 240 g/mol. The zero-order valence-corrected chi connectivity index (χ0v) is 10.8. The van der Waals surface area contributed by atoms with Crippen LogP contribution in [0.1, 0.15) is 20.8 Å². The monoisotopic (exact) mass is 260 g/mol. The van der Waals surface area contributed by atoms with Gasteiger partial charge in [0, 0.05) is 6.61 Å². The van der Waals surface area contributed by atoms with Gasteiger partial charge in [0.15, 0.2) is 6.10 Å². The Kier molecular flexibility index (Phi) is 5.13. The van der Waals surface area contributed by atoms with Gasteiger partial charge in [-0.3, -0.25) is 4.79 Å². The van der Waals surface area contributed by atoms with Crippen molar-refractivity contribution < 1.29 is 29.2 Å². The molecule has 1 aliphatic heterocycles. The minimum atomic E-state index is -1.31. The summed E-state index contributed by atoms with van der Waals surface area (Å²) in [5.74, 6) is -0.766. The van der Waals surface area contributed by atoms with Gasteiger partial charge < -0.3 is 24.4 Å². The van der Waals surface area contributed by atoms with E-state index in [1.54, 1.807) is 20.8 Å². The molecule has 0 spiro atoms. The second-order valence-electron chi connectivity index (χ2n) is 4.40. The molecule has 0 aromatic carbocycles. The van der Waals surface area contributed by atoms with Gasteiger partial charge in [0.05, 0.1) is 5.92 Å². The smallest absolute Gasteiger partial charge is 0.309 e. The van der Waals surface area contributed by atoms with Gasteiger partial charge in [0.25, 0.3) is 0 Å². The van der Waals surface area contributed by atoms with Crippen LogP contribution in [-0.2, 0) is 19.0 Å². The number of aliphatic hydroxyl groups excluding tert-OH is 2. The van der Waals surface area contributed by atoms with Crippen molar-refractivity contribution in [3.8, 4) is 0 Å². The minimum absolute atomic E-state index is 0.0697. The maximum absolute atomic E-state index is 11.5. The Morgan fingerprint density at radius 3 is 2.56 bits per heavy atom. The number of hydrogen-bond acceptors (Lipinski definition) is 6. The van der Waals surface area contributed by atoms with Gasteiger partial charge in [-0.15, -0.1) is 0 Å². The van der Waals surface area contributed by atoms with E-state index in [4.69, 9.17) is 14.2 Å². The van der Waals surface area contributed by atoms with Crippen LogP contribution in [0.3, 0.4) is 0 Å². The highest BCUT2D eigenvalue weighted by atomic mass is 16.7. The minimum Gasteiger partial charge on any atom is -0.463 e. The normalized spacial score (nSPS) is 32.2. The fourth-order valence-corrected chi connectivity index (χ4v) is 1.51. The van der Waals surface area contributed by atoms with Gasteiger partial charge in [-0.2, -0.15) is 0 Å². The summed E-state index contributed by atoms with van der Waals surface area (Å²) in [4.78, 5) is 11.5. The Morgan fingerprint density at radius 1 is 1.44 bits per heavy atom. The van der Waals surface area contributed by atoms with Gasteiger partial charge in [-0.25, -0.2) is 0 Å². The van der Waals surface area contributed by atoms with E-state index >= 15 is 0 Å². The van der Waals surface area contributed by atoms with Crippen molar-refractivity contribution in [2.45, 2.75) is 45.4 Å². The second kappa shape index (κ2) is 6.17. The summed E-state index contributed by atoms with van der Waals surface area (Å²) >= 11 is 0. The summed E-state index contributed by atoms with van der Waals surface area (Å²) in [7, 11) is 0. The zero-order valence-electron chi connectivity index (χ0n) is 10.8. The van der Waals surface area contributed by atoms with Gasteiger partial charge in [-0.05, 0) is 6.92 Å². The summed E-state index contributed by atoms with van der Waals surface area (Å²) in [6.07, 6.45) is -4.68. The van der Waals surface area contributed by atoms with E-state index in [9.17, 15) is 15.0 Å². The topological polar surface area (TPSA) is 85.2 Å². The van der Waals surface area contributed by atoms with Crippen molar-refractivity contribution in [3.05, 3.63) is 12.3 Å². The lowest BCUT2D eigenvalue weighted by Gasteiger charge is -2.38. The molecule has 0 aliphatic carbocycles. The van der Waals surface area contributed by atoms with Crippen molar-refractivity contribution >= 4 is 5.97 Å². The molecule has 1 rings (SSSR count). The number of esters is 1. The molecule has 1 aliphatic rings. The van der Waals surface area contributed by atoms with E-state index in [2.05, 4.69) is 6.58 Å². The Morgan fingerprint density at radius 2 is 2.06 bits per heavy atom. The number of rotatable bonds is 4. The Labute approximate surface area is 106 Å². The molecule has 0 amide bonds. The lowest BCUT2D eigenvalue weighted by molar-refractivity contribution is -0.247. The largest absolute Gasteiger partial charge is 0.463 e. The summed E-state index contributed by atoms with van der Waals surface area (Å²) in [5.41, 5.74) is 0. The van der Waals surface area contributed by atoms with Crippen LogP contribution < -0.4 is 0 Å². The van der Waals surface area contributed by atoms with Crippen LogP contribution in [0.15, 0.2) is 12.3 Å². The Balaban J connectivity index is 2.71. The summed E-state index contributed by atoms with van der Waals surface area (Å²) in [5, 5.41) is 19.7. The first-order valence-electron chi connectivity index (χ1n) is 5.92. The van der Waals surface area contributed by atoms with Crippen LogP contribution in [-0.4, -0.2) is 47.4 Å². The van der Waals surface area contributed by atoms with Crippen LogP contribution in [0, 0.1) is 5.92 Å². The average molecular weight is 260 g/mol. The molecule has 1 fully saturated rings. The van der Waals surface area contributed by atoms with E-state index in [1.165, 1.54) is 0 Å². The highest BCUT2D eigenvalue weighted by Crippen LogP contribution is 2.26. The predicted octanol–water partition coefficient (Wildman–Crippen LogP) is 0.182. The maximum atomic E-state index is 11.5. The fourth-order valence-electron chi connectivity index (χ4n) is 1.51. The Bertz CT molecular complexity index is 314. The molecule has 0 aromatic rings. The lowest BCUT2D eigenvalue weighted by Crippen LogP contribution is -2.54. The molecule has 0 saturated carbocycles. The van der Waals surface area contributed by atoms with Crippen molar-refractivity contribution in [1.29, 1.82) is 0 Å². The highest BCUT2D eigenvalue weighted by molar-refractivity contribution is 5.72. The van der Waals surface area contributed by atoms with Crippen molar-refractivity contribution in [1.82, 2.24) is 0 Å². The van der Waals surface area contributed by atoms with Crippen LogP contribution in [0.2, 0.25) is 0 Å². The first-order chi connectivity index (χ1) is 8.38. The van der Waals surface area contributed by atoms with Crippen molar-refractivity contribution in [3.63, 3.8) is 0 Å². The molecule has 18 heavy (non-hydrogen) atoms. The first-order valence-corrected chi connectivity index (χ1v) is 5.92. The molecule has 6 nitrogen and oxygen atoms in total. The number of carbonyl (C=O) groups excluding carboxylic acids is 1. The third-order valence-electron chi connectivity index (χ3n) is 2.57. The fraction of sp³-hybridized carbons (Fsp3) is 0.750. The van der Waals surface area contributed by atoms with Gasteiger partial charge in [0.1, 0.15) is 18.0 Å². The summed E-state index contributed by atoms with van der Waals surface area (Å²) < 4.78 is 15.3. The molecule has 1 heterocycles. The molecule has 104 valence electrons. The molecule has 4 atom stereocenters. The third-order valence-corrected chi connectivity index (χ3v) is 2.57. The number of hydrogen-bond donors (Lipinski definition) is 2. The van der Waals surface area contributed by atoms with Crippen molar-refractivity contribution in [2.75, 3.05) is 6.61 Å². The van der Waals surface area contributed by atoms with Crippen LogP contribution in [0.25, 0.3) is 0 Å². The maximum Gasteiger partial charge on any atom is 0.309 e. The molecule has 0 radical (unpaired) electrons. The number of aliphatic hydroxyl groups is 2. The highest BCUT2D eigenvalue weighted by Gasteiger charge is 2.44. The molecule has 3 unspecified atom stereocenters.